The van der Waals surface area contributed by atoms with E-state index in [0.29, 0.717) is 17.5 Å². The fourth-order valence-corrected chi connectivity index (χ4v) is 3.96. The Bertz CT molecular complexity index is 958. The first-order chi connectivity index (χ1) is 12.8. The number of rotatable bonds is 2. The Morgan fingerprint density at radius 1 is 1.19 bits per heavy atom. The van der Waals surface area contributed by atoms with Crippen LogP contribution in [0, 0.1) is 0 Å². The van der Waals surface area contributed by atoms with Gasteiger partial charge in [-0.25, -0.2) is 9.79 Å². The summed E-state index contributed by atoms with van der Waals surface area (Å²) in [6.45, 7) is 6.81. The lowest BCUT2D eigenvalue weighted by atomic mass is 9.80. The largest absolute Gasteiger partial charge is 0.402 e. The number of nitrogens with zero attached hydrogens (tertiary/aromatic N) is 2. The van der Waals surface area contributed by atoms with Crippen molar-refractivity contribution in [3.8, 4) is 0 Å². The maximum absolute atomic E-state index is 12.2. The van der Waals surface area contributed by atoms with Crippen molar-refractivity contribution in [3.05, 3.63) is 70.9 Å². The summed E-state index contributed by atoms with van der Waals surface area (Å²) in [4.78, 5) is 19.0. The minimum Gasteiger partial charge on any atom is -0.402 e. The van der Waals surface area contributed by atoms with Gasteiger partial charge in [0, 0.05) is 23.8 Å². The van der Waals surface area contributed by atoms with E-state index in [0.717, 1.165) is 17.5 Å². The topological polar surface area (TPSA) is 41.9 Å². The molecule has 2 aliphatic rings. The van der Waals surface area contributed by atoms with Crippen LogP contribution in [0.3, 0.4) is 0 Å². The first kappa shape index (κ1) is 17.5. The molecule has 138 valence electrons. The smallest absolute Gasteiger partial charge is 0.363 e. The Kier molecular flexibility index (Phi) is 4.14. The number of aliphatic imine (C=N–C) groups is 1. The molecule has 4 rings (SSSR count). The maximum atomic E-state index is 12.2. The summed E-state index contributed by atoms with van der Waals surface area (Å²) in [5, 5.41) is 0. The maximum Gasteiger partial charge on any atom is 0.363 e. The highest BCUT2D eigenvalue weighted by molar-refractivity contribution is 6.12. The van der Waals surface area contributed by atoms with Gasteiger partial charge in [0.1, 0.15) is 0 Å². The van der Waals surface area contributed by atoms with Crippen LogP contribution in [-0.2, 0) is 9.53 Å². The first-order valence-electron chi connectivity index (χ1n) is 9.31. The number of benzene rings is 2. The number of ether oxygens (including phenoxy) is 1. The molecule has 0 aliphatic carbocycles. The molecule has 0 spiro atoms. The minimum atomic E-state index is -0.405. The van der Waals surface area contributed by atoms with E-state index in [9.17, 15) is 4.79 Å². The summed E-state index contributed by atoms with van der Waals surface area (Å²) in [6, 6.07) is 15.8. The van der Waals surface area contributed by atoms with Crippen molar-refractivity contribution < 1.29 is 9.53 Å². The standard InChI is InChI=1S/C23H24N2O2/c1-15-14-23(2,3)25(4)20-11-10-16(12-18(15)20)13-19-22(26)27-21(24-19)17-8-6-5-7-9-17/h5-13,15H,14H2,1-4H3/b19-13-. The summed E-state index contributed by atoms with van der Waals surface area (Å²) in [5.74, 6) is 0.418. The first-order valence-corrected chi connectivity index (χ1v) is 9.31. The molecule has 0 saturated carbocycles. The van der Waals surface area contributed by atoms with E-state index in [1.54, 1.807) is 0 Å². The van der Waals surface area contributed by atoms with Crippen molar-refractivity contribution in [2.45, 2.75) is 38.6 Å². The predicted octanol–water partition coefficient (Wildman–Crippen LogP) is 4.75. The molecule has 4 nitrogen and oxygen atoms in total. The highest BCUT2D eigenvalue weighted by Crippen LogP contribution is 2.42. The van der Waals surface area contributed by atoms with Crippen LogP contribution in [0.4, 0.5) is 5.69 Å². The van der Waals surface area contributed by atoms with Gasteiger partial charge in [0.15, 0.2) is 5.70 Å². The third-order valence-electron chi connectivity index (χ3n) is 5.60. The van der Waals surface area contributed by atoms with Crippen LogP contribution in [0.15, 0.2) is 59.2 Å². The van der Waals surface area contributed by atoms with Crippen molar-refractivity contribution in [1.29, 1.82) is 0 Å². The summed E-state index contributed by atoms with van der Waals surface area (Å²) >= 11 is 0. The van der Waals surface area contributed by atoms with Gasteiger partial charge in [-0.15, -0.1) is 0 Å². The number of cyclic esters (lactones) is 1. The van der Waals surface area contributed by atoms with Crippen molar-refractivity contribution in [3.63, 3.8) is 0 Å². The zero-order valence-corrected chi connectivity index (χ0v) is 16.2. The predicted molar refractivity (Wildman–Crippen MR) is 109 cm³/mol. The lowest BCUT2D eigenvalue weighted by molar-refractivity contribution is -0.129. The van der Waals surface area contributed by atoms with Crippen LogP contribution in [0.5, 0.6) is 0 Å². The van der Waals surface area contributed by atoms with E-state index in [-0.39, 0.29) is 5.54 Å². The number of anilines is 1. The van der Waals surface area contributed by atoms with E-state index >= 15 is 0 Å². The van der Waals surface area contributed by atoms with Crippen molar-refractivity contribution in [2.24, 2.45) is 4.99 Å². The van der Waals surface area contributed by atoms with E-state index in [2.05, 4.69) is 49.8 Å². The van der Waals surface area contributed by atoms with Gasteiger partial charge < -0.3 is 9.64 Å². The zero-order chi connectivity index (χ0) is 19.2. The average molecular weight is 360 g/mol. The number of fused-ring (bicyclic) bond motifs is 1. The molecule has 0 fully saturated rings. The second kappa shape index (κ2) is 6.38. The third-order valence-corrected chi connectivity index (χ3v) is 5.60. The molecular weight excluding hydrogens is 336 g/mol. The summed E-state index contributed by atoms with van der Waals surface area (Å²) in [6.07, 6.45) is 2.90. The second-order valence-electron chi connectivity index (χ2n) is 8.00. The number of carbonyl (C=O) groups excluding carboxylic acids is 1. The molecule has 0 aromatic heterocycles. The van der Waals surface area contributed by atoms with E-state index in [4.69, 9.17) is 4.74 Å². The normalized spacial score (nSPS) is 22.4. The van der Waals surface area contributed by atoms with E-state index in [1.807, 2.05) is 42.5 Å². The Labute approximate surface area is 160 Å². The van der Waals surface area contributed by atoms with Crippen molar-refractivity contribution in [1.82, 2.24) is 0 Å². The summed E-state index contributed by atoms with van der Waals surface area (Å²) in [5.41, 5.74) is 4.81. The summed E-state index contributed by atoms with van der Waals surface area (Å²) in [7, 11) is 2.15. The number of carbonyl (C=O) groups is 1. The third kappa shape index (κ3) is 3.16. The molecule has 0 N–H and O–H groups in total. The van der Waals surface area contributed by atoms with Gasteiger partial charge in [-0.05, 0) is 67.7 Å². The molecule has 1 atom stereocenters. The van der Waals surface area contributed by atoms with Gasteiger partial charge in [0.2, 0.25) is 5.90 Å². The van der Waals surface area contributed by atoms with Gasteiger partial charge in [-0.3, -0.25) is 0 Å². The Hall–Kier alpha value is -2.88. The lowest BCUT2D eigenvalue weighted by Gasteiger charge is -2.45. The second-order valence-corrected chi connectivity index (χ2v) is 8.00. The summed E-state index contributed by atoms with van der Waals surface area (Å²) < 4.78 is 5.34. The van der Waals surface area contributed by atoms with Crippen LogP contribution in [0.2, 0.25) is 0 Å². The monoisotopic (exact) mass is 360 g/mol. The number of hydrogen-bond donors (Lipinski definition) is 0. The average Bonchev–Trinajstić information content (AvgIpc) is 3.01. The van der Waals surface area contributed by atoms with Gasteiger partial charge in [-0.2, -0.15) is 0 Å². The molecular formula is C23H24N2O2. The quantitative estimate of drug-likeness (QED) is 0.573. The number of esters is 1. The molecule has 0 radical (unpaired) electrons. The zero-order valence-electron chi connectivity index (χ0n) is 16.2. The van der Waals surface area contributed by atoms with Gasteiger partial charge >= 0.3 is 5.97 Å². The van der Waals surface area contributed by atoms with Crippen molar-refractivity contribution >= 4 is 23.6 Å². The van der Waals surface area contributed by atoms with Crippen LogP contribution in [-0.4, -0.2) is 24.5 Å². The molecule has 0 amide bonds. The molecule has 27 heavy (non-hydrogen) atoms. The lowest BCUT2D eigenvalue weighted by Crippen LogP contribution is -2.45. The molecule has 4 heteroatoms. The molecule has 2 aliphatic heterocycles. The fraction of sp³-hybridized carbons (Fsp3) is 0.304. The molecule has 1 unspecified atom stereocenters. The number of hydrogen-bond acceptors (Lipinski definition) is 4. The molecule has 2 aromatic rings. The Balaban J connectivity index is 1.68. The highest BCUT2D eigenvalue weighted by Gasteiger charge is 2.34. The van der Waals surface area contributed by atoms with E-state index in [1.165, 1.54) is 11.3 Å². The van der Waals surface area contributed by atoms with Gasteiger partial charge in [0.25, 0.3) is 0 Å². The Morgan fingerprint density at radius 2 is 1.93 bits per heavy atom. The van der Waals surface area contributed by atoms with E-state index < -0.39 is 5.97 Å². The molecule has 2 heterocycles. The fourth-order valence-electron chi connectivity index (χ4n) is 3.96. The van der Waals surface area contributed by atoms with Crippen molar-refractivity contribution in [2.75, 3.05) is 11.9 Å². The van der Waals surface area contributed by atoms with Gasteiger partial charge in [-0.1, -0.05) is 31.2 Å². The van der Waals surface area contributed by atoms with Crippen LogP contribution in [0.25, 0.3) is 6.08 Å². The molecule has 2 aromatic carbocycles. The highest BCUT2D eigenvalue weighted by atomic mass is 16.6. The molecule has 0 bridgehead atoms. The van der Waals surface area contributed by atoms with Crippen LogP contribution >= 0.6 is 0 Å². The minimum absolute atomic E-state index is 0.135. The Morgan fingerprint density at radius 3 is 2.67 bits per heavy atom. The van der Waals surface area contributed by atoms with Crippen LogP contribution in [0.1, 0.15) is 49.8 Å². The van der Waals surface area contributed by atoms with Gasteiger partial charge in [0.05, 0.1) is 0 Å². The molecule has 0 saturated heterocycles. The van der Waals surface area contributed by atoms with Crippen LogP contribution < -0.4 is 4.90 Å². The SMILES string of the molecule is CC1CC(C)(C)N(C)c2ccc(/C=C3\N=C(c4ccccc4)OC3=O)cc21.